The number of carbonyl (C=O) groups excluding carboxylic acids is 2. The Bertz CT molecular complexity index is 1130. The van der Waals surface area contributed by atoms with Crippen molar-refractivity contribution in [3.63, 3.8) is 0 Å². The monoisotopic (exact) mass is 461 g/mol. The number of amides is 2. The molecule has 33 heavy (non-hydrogen) atoms. The van der Waals surface area contributed by atoms with Crippen molar-refractivity contribution < 1.29 is 19.2 Å². The fourth-order valence-corrected chi connectivity index (χ4v) is 4.13. The molecule has 2 heterocycles. The minimum atomic E-state index is -0.370. The Hall–Kier alpha value is -3.65. The highest BCUT2D eigenvalue weighted by atomic mass is 32.2. The molecule has 168 valence electrons. The Kier molecular flexibility index (Phi) is 7.36. The number of benzene rings is 2. The maximum atomic E-state index is 11.7. The maximum Gasteiger partial charge on any atom is 0.286 e. The molecule has 0 aliphatic carbocycles. The molecule has 1 N–H and O–H groups in total. The van der Waals surface area contributed by atoms with Crippen molar-refractivity contribution in [1.82, 2.24) is 10.3 Å². The Balaban J connectivity index is 1.20. The molecule has 1 aliphatic rings. The summed E-state index contributed by atoms with van der Waals surface area (Å²) in [5, 5.41) is 5.81. The molecule has 4 rings (SSSR count). The molecule has 3 aromatic rings. The van der Waals surface area contributed by atoms with E-state index in [1.807, 2.05) is 73.7 Å². The van der Waals surface area contributed by atoms with Gasteiger partial charge in [0.05, 0.1) is 16.7 Å². The molecule has 1 unspecified atom stereocenters. The Morgan fingerprint density at radius 2 is 1.82 bits per heavy atom. The van der Waals surface area contributed by atoms with Crippen molar-refractivity contribution in [2.24, 2.45) is 5.16 Å². The Morgan fingerprint density at radius 3 is 2.48 bits per heavy atom. The zero-order valence-electron chi connectivity index (χ0n) is 18.1. The molecule has 0 saturated carbocycles. The van der Waals surface area contributed by atoms with E-state index in [4.69, 9.17) is 9.57 Å². The second-order valence-electron chi connectivity index (χ2n) is 7.38. The first-order chi connectivity index (χ1) is 16.1. The van der Waals surface area contributed by atoms with Crippen LogP contribution in [-0.4, -0.2) is 40.3 Å². The van der Waals surface area contributed by atoms with Gasteiger partial charge in [-0.1, -0.05) is 59.4 Å². The summed E-state index contributed by atoms with van der Waals surface area (Å²) in [5.74, 6) is 0.468. The average molecular weight is 462 g/mol. The van der Waals surface area contributed by atoms with Crippen LogP contribution in [0.5, 0.6) is 5.75 Å². The molecule has 0 radical (unpaired) electrons. The van der Waals surface area contributed by atoms with Gasteiger partial charge in [-0.25, -0.2) is 0 Å². The lowest BCUT2D eigenvalue weighted by Gasteiger charge is -2.08. The van der Waals surface area contributed by atoms with Crippen LogP contribution in [0, 0.1) is 0 Å². The summed E-state index contributed by atoms with van der Waals surface area (Å²) in [6.45, 7) is 2.56. The van der Waals surface area contributed by atoms with Gasteiger partial charge in [-0.2, -0.15) is 0 Å². The van der Waals surface area contributed by atoms with Crippen molar-refractivity contribution >= 4 is 28.6 Å². The van der Waals surface area contributed by atoms with E-state index >= 15 is 0 Å². The zero-order valence-corrected chi connectivity index (χ0v) is 18.9. The van der Waals surface area contributed by atoms with Gasteiger partial charge in [0.25, 0.3) is 5.24 Å². The highest BCUT2D eigenvalue weighted by Gasteiger charge is 2.31. The van der Waals surface area contributed by atoms with Gasteiger partial charge in [-0.15, -0.1) is 0 Å². The van der Waals surface area contributed by atoms with E-state index in [0.29, 0.717) is 25.4 Å². The van der Waals surface area contributed by atoms with E-state index < -0.39 is 0 Å². The van der Waals surface area contributed by atoms with Crippen molar-refractivity contribution in [2.75, 3.05) is 13.2 Å². The van der Waals surface area contributed by atoms with Crippen molar-refractivity contribution in [1.29, 1.82) is 0 Å². The highest BCUT2D eigenvalue weighted by Crippen LogP contribution is 2.24. The predicted octanol–water partition coefficient (Wildman–Crippen LogP) is 4.46. The van der Waals surface area contributed by atoms with Crippen LogP contribution < -0.4 is 10.1 Å². The third-order valence-electron chi connectivity index (χ3n) is 5.02. The lowest BCUT2D eigenvalue weighted by molar-refractivity contribution is -0.118. The zero-order chi connectivity index (χ0) is 23.0. The third-order valence-corrected chi connectivity index (χ3v) is 6.00. The number of oxime groups is 1. The van der Waals surface area contributed by atoms with Crippen LogP contribution in [0.15, 0.2) is 78.1 Å². The van der Waals surface area contributed by atoms with Crippen LogP contribution in [0.4, 0.5) is 4.79 Å². The molecule has 1 saturated heterocycles. The van der Waals surface area contributed by atoms with Crippen LogP contribution in [0.2, 0.25) is 0 Å². The second kappa shape index (κ2) is 10.8. The van der Waals surface area contributed by atoms with Crippen molar-refractivity contribution in [2.45, 2.75) is 18.6 Å². The molecule has 0 spiro atoms. The summed E-state index contributed by atoms with van der Waals surface area (Å²) >= 11 is 1.03. The number of nitrogens with zero attached hydrogens (tertiary/aromatic N) is 2. The largest absolute Gasteiger partial charge is 0.490 e. The van der Waals surface area contributed by atoms with Gasteiger partial charge in [-0.05, 0) is 48.7 Å². The first kappa shape index (κ1) is 22.5. The number of rotatable bonds is 9. The van der Waals surface area contributed by atoms with E-state index in [2.05, 4.69) is 15.5 Å². The second-order valence-corrected chi connectivity index (χ2v) is 8.56. The smallest absolute Gasteiger partial charge is 0.286 e. The molecule has 8 heteroatoms. The molecule has 1 aromatic heterocycles. The van der Waals surface area contributed by atoms with Gasteiger partial charge < -0.3 is 9.57 Å². The minimum absolute atomic E-state index is 0.234. The summed E-state index contributed by atoms with van der Waals surface area (Å²) in [5.41, 5.74) is 4.70. The normalized spacial score (nSPS) is 15.9. The molecule has 1 atom stereocenters. The topological polar surface area (TPSA) is 89.9 Å². The third kappa shape index (κ3) is 6.20. The van der Waals surface area contributed by atoms with Crippen LogP contribution in [0.3, 0.4) is 0 Å². The van der Waals surface area contributed by atoms with Crippen LogP contribution in [0.25, 0.3) is 11.3 Å². The van der Waals surface area contributed by atoms with E-state index in [-0.39, 0.29) is 16.4 Å². The maximum absolute atomic E-state index is 11.7. The fourth-order valence-electron chi connectivity index (χ4n) is 3.27. The number of thioether (sulfide) groups is 1. The molecule has 2 aromatic carbocycles. The number of hydrogen-bond donors (Lipinski definition) is 1. The SMILES string of the molecule is CC(=NOCCOc1ccc(CC2SC(=O)NC2=O)cc1)c1ccc(-c2ccccn2)cc1. The number of nitrogens with one attached hydrogen (secondary N) is 1. The number of aromatic nitrogens is 1. The number of hydrogen-bond acceptors (Lipinski definition) is 7. The highest BCUT2D eigenvalue weighted by molar-refractivity contribution is 8.15. The Labute approximate surface area is 196 Å². The van der Waals surface area contributed by atoms with Gasteiger partial charge in [0.2, 0.25) is 5.91 Å². The minimum Gasteiger partial charge on any atom is -0.490 e. The van der Waals surface area contributed by atoms with Crippen LogP contribution in [0.1, 0.15) is 18.1 Å². The lowest BCUT2D eigenvalue weighted by atomic mass is 10.1. The summed E-state index contributed by atoms with van der Waals surface area (Å²) in [4.78, 5) is 32.7. The standard InChI is InChI=1S/C25H23N3O4S/c1-17(19-7-9-20(10-8-19)22-4-2-3-13-26-22)28-32-15-14-31-21-11-5-18(6-12-21)16-23-24(29)27-25(30)33-23/h2-13,23H,14-16H2,1H3,(H,27,29,30). The van der Waals surface area contributed by atoms with Gasteiger partial charge in [0, 0.05) is 11.8 Å². The summed E-state index contributed by atoms with van der Waals surface area (Å²) < 4.78 is 5.68. The number of carbonyl (C=O) groups is 2. The molecule has 1 fully saturated rings. The first-order valence-corrected chi connectivity index (χ1v) is 11.4. The van der Waals surface area contributed by atoms with Gasteiger partial charge in [0.15, 0.2) is 6.61 Å². The quantitative estimate of drug-likeness (QED) is 0.287. The average Bonchev–Trinajstić information content (AvgIpc) is 3.16. The Morgan fingerprint density at radius 1 is 1.03 bits per heavy atom. The molecule has 2 amide bonds. The van der Waals surface area contributed by atoms with Crippen molar-refractivity contribution in [3.8, 4) is 17.0 Å². The molecular formula is C25H23N3O4S. The number of pyridine rings is 1. The van der Waals surface area contributed by atoms with E-state index in [9.17, 15) is 9.59 Å². The summed E-state index contributed by atoms with van der Waals surface area (Å²) in [6, 6.07) is 21.3. The number of imide groups is 1. The molecule has 0 bridgehead atoms. The fraction of sp³-hybridized carbons (Fsp3) is 0.200. The lowest BCUT2D eigenvalue weighted by Crippen LogP contribution is -2.25. The van der Waals surface area contributed by atoms with Gasteiger partial charge in [0.1, 0.15) is 12.4 Å². The van der Waals surface area contributed by atoms with E-state index in [0.717, 1.165) is 39.9 Å². The molecular weight excluding hydrogens is 438 g/mol. The van der Waals surface area contributed by atoms with Crippen molar-refractivity contribution in [3.05, 3.63) is 84.1 Å². The van der Waals surface area contributed by atoms with Crippen LogP contribution >= 0.6 is 11.8 Å². The summed E-state index contributed by atoms with van der Waals surface area (Å²) in [7, 11) is 0. The van der Waals surface area contributed by atoms with Gasteiger partial charge in [-0.3, -0.25) is 19.9 Å². The molecule has 1 aliphatic heterocycles. The van der Waals surface area contributed by atoms with E-state index in [1.54, 1.807) is 6.20 Å². The predicted molar refractivity (Wildman–Crippen MR) is 128 cm³/mol. The number of ether oxygens (including phenoxy) is 1. The van der Waals surface area contributed by atoms with Crippen LogP contribution in [-0.2, 0) is 16.1 Å². The molecule has 7 nitrogen and oxygen atoms in total. The van der Waals surface area contributed by atoms with E-state index in [1.165, 1.54) is 0 Å². The summed E-state index contributed by atoms with van der Waals surface area (Å²) in [6.07, 6.45) is 2.28. The first-order valence-electron chi connectivity index (χ1n) is 10.5. The van der Waals surface area contributed by atoms with Gasteiger partial charge >= 0.3 is 0 Å².